The maximum absolute atomic E-state index is 12.9. The van der Waals surface area contributed by atoms with Gasteiger partial charge in [0, 0.05) is 43.7 Å². The number of fused-ring (bicyclic) bond motifs is 1. The van der Waals surface area contributed by atoms with Crippen LogP contribution in [0.1, 0.15) is 27.7 Å². The van der Waals surface area contributed by atoms with E-state index >= 15 is 0 Å². The summed E-state index contributed by atoms with van der Waals surface area (Å²) in [5.74, 6) is -2.89. The third-order valence-electron chi connectivity index (χ3n) is 5.00. The third kappa shape index (κ3) is 6.68. The SMILES string of the molecule is Cn1cnc2c1C(C(=O)NCCc1cccs1)CN(Cc1ccoc1)C2.O=C(O)C(F)(F)F. The number of aryl methyl sites for hydroxylation is 1. The molecule has 3 aromatic heterocycles. The number of carbonyl (C=O) groups is 2. The molecule has 8 nitrogen and oxygen atoms in total. The molecule has 0 saturated carbocycles. The molecule has 1 atom stereocenters. The number of alkyl halides is 3. The number of nitrogens with one attached hydrogen (secondary N) is 1. The summed E-state index contributed by atoms with van der Waals surface area (Å²) >= 11 is 1.72. The first-order chi connectivity index (χ1) is 15.6. The molecular formula is C21H23F3N4O4S. The van der Waals surface area contributed by atoms with Crippen molar-refractivity contribution in [3.8, 4) is 0 Å². The van der Waals surface area contributed by atoms with Crippen molar-refractivity contribution in [2.45, 2.75) is 31.6 Å². The predicted octanol–water partition coefficient (Wildman–Crippen LogP) is 3.17. The second-order valence-electron chi connectivity index (χ2n) is 7.46. The van der Waals surface area contributed by atoms with Crippen LogP contribution < -0.4 is 5.32 Å². The summed E-state index contributed by atoms with van der Waals surface area (Å²) in [6.45, 7) is 2.85. The van der Waals surface area contributed by atoms with Gasteiger partial charge in [-0.15, -0.1) is 11.3 Å². The normalized spacial score (nSPS) is 15.9. The van der Waals surface area contributed by atoms with Crippen LogP contribution in [0.5, 0.6) is 0 Å². The van der Waals surface area contributed by atoms with E-state index < -0.39 is 12.1 Å². The molecule has 3 aromatic rings. The molecule has 0 aromatic carbocycles. The quantitative estimate of drug-likeness (QED) is 0.558. The van der Waals surface area contributed by atoms with Crippen molar-refractivity contribution in [1.29, 1.82) is 0 Å². The van der Waals surface area contributed by atoms with Gasteiger partial charge >= 0.3 is 12.1 Å². The molecule has 4 heterocycles. The minimum absolute atomic E-state index is 0.0725. The number of rotatable bonds is 6. The standard InChI is InChI=1S/C19H22N4O2S.C2HF3O2/c1-22-13-21-17-11-23(9-14-5-7-25-12-14)10-16(18(17)22)19(24)20-6-4-15-3-2-8-26-15;3-2(4,5)1(6)7/h2-3,5,7-8,12-13,16H,4,6,9-11H2,1H3,(H,20,24);(H,6,7). The van der Waals surface area contributed by atoms with E-state index in [-0.39, 0.29) is 11.8 Å². The van der Waals surface area contributed by atoms with Gasteiger partial charge in [-0.05, 0) is 23.9 Å². The van der Waals surface area contributed by atoms with Gasteiger partial charge in [-0.2, -0.15) is 13.2 Å². The van der Waals surface area contributed by atoms with Crippen molar-refractivity contribution in [3.05, 3.63) is 64.3 Å². The highest BCUT2D eigenvalue weighted by molar-refractivity contribution is 7.09. The molecule has 1 aliphatic rings. The van der Waals surface area contributed by atoms with E-state index in [0.717, 1.165) is 36.5 Å². The monoisotopic (exact) mass is 484 g/mol. The Balaban J connectivity index is 0.000000383. The second kappa shape index (κ2) is 10.7. The number of hydrogen-bond donors (Lipinski definition) is 2. The van der Waals surface area contributed by atoms with Crippen LogP contribution in [0.3, 0.4) is 0 Å². The minimum Gasteiger partial charge on any atom is -0.475 e. The zero-order valence-electron chi connectivity index (χ0n) is 17.7. The highest BCUT2D eigenvalue weighted by Gasteiger charge is 2.38. The van der Waals surface area contributed by atoms with Gasteiger partial charge in [0.2, 0.25) is 5.91 Å². The average Bonchev–Trinajstić information content (AvgIpc) is 3.51. The number of carbonyl (C=O) groups excluding carboxylic acids is 1. The first kappa shape index (κ1) is 24.5. The van der Waals surface area contributed by atoms with Crippen LogP contribution in [-0.4, -0.2) is 50.7 Å². The molecule has 2 N–H and O–H groups in total. The number of halogens is 3. The Morgan fingerprint density at radius 2 is 2.12 bits per heavy atom. The molecule has 178 valence electrons. The van der Waals surface area contributed by atoms with Crippen molar-refractivity contribution < 1.29 is 32.3 Å². The van der Waals surface area contributed by atoms with Gasteiger partial charge in [0.05, 0.1) is 36.2 Å². The average molecular weight is 485 g/mol. The molecule has 1 amide bonds. The number of hydrogen-bond acceptors (Lipinski definition) is 6. The first-order valence-corrected chi connectivity index (χ1v) is 10.9. The fourth-order valence-corrected chi connectivity index (χ4v) is 4.24. The predicted molar refractivity (Wildman–Crippen MR) is 113 cm³/mol. The van der Waals surface area contributed by atoms with E-state index in [0.29, 0.717) is 13.1 Å². The van der Waals surface area contributed by atoms with Gasteiger partial charge in [-0.1, -0.05) is 6.07 Å². The largest absolute Gasteiger partial charge is 0.490 e. The fourth-order valence-electron chi connectivity index (χ4n) is 3.53. The van der Waals surface area contributed by atoms with Crippen molar-refractivity contribution in [2.24, 2.45) is 7.05 Å². The molecule has 12 heteroatoms. The lowest BCUT2D eigenvalue weighted by Crippen LogP contribution is -2.42. The Hall–Kier alpha value is -3.12. The van der Waals surface area contributed by atoms with Gasteiger partial charge in [0.25, 0.3) is 0 Å². The van der Waals surface area contributed by atoms with Crippen molar-refractivity contribution in [2.75, 3.05) is 13.1 Å². The molecule has 1 aliphatic heterocycles. The number of furan rings is 1. The maximum Gasteiger partial charge on any atom is 0.490 e. The Labute approximate surface area is 191 Å². The molecule has 0 fully saturated rings. The molecule has 1 unspecified atom stereocenters. The van der Waals surface area contributed by atoms with E-state index in [2.05, 4.69) is 26.6 Å². The Kier molecular flexibility index (Phi) is 7.92. The van der Waals surface area contributed by atoms with Gasteiger partial charge in [0.15, 0.2) is 0 Å². The third-order valence-corrected chi connectivity index (χ3v) is 5.94. The zero-order chi connectivity index (χ0) is 24.0. The van der Waals surface area contributed by atoms with Crippen molar-refractivity contribution in [3.63, 3.8) is 0 Å². The number of aromatic nitrogens is 2. The van der Waals surface area contributed by atoms with Crippen LogP contribution in [0.2, 0.25) is 0 Å². The van der Waals surface area contributed by atoms with Crippen LogP contribution >= 0.6 is 11.3 Å². The van der Waals surface area contributed by atoms with E-state index in [9.17, 15) is 18.0 Å². The number of imidazole rings is 1. The number of aliphatic carboxylic acids is 1. The number of nitrogens with zero attached hydrogens (tertiary/aromatic N) is 3. The molecule has 4 rings (SSSR count). The summed E-state index contributed by atoms with van der Waals surface area (Å²) in [6.07, 6.45) is 1.02. The van der Waals surface area contributed by atoms with Crippen LogP contribution in [0.15, 0.2) is 46.8 Å². The Morgan fingerprint density at radius 3 is 2.73 bits per heavy atom. The Bertz CT molecular complexity index is 1050. The number of carboxylic acids is 1. The summed E-state index contributed by atoms with van der Waals surface area (Å²) in [4.78, 5) is 29.8. The summed E-state index contributed by atoms with van der Waals surface area (Å²) < 4.78 is 38.9. The molecule has 0 radical (unpaired) electrons. The van der Waals surface area contributed by atoms with Gasteiger partial charge in [0.1, 0.15) is 0 Å². The van der Waals surface area contributed by atoms with Crippen LogP contribution in [0.4, 0.5) is 13.2 Å². The Morgan fingerprint density at radius 1 is 1.36 bits per heavy atom. The molecule has 0 spiro atoms. The highest BCUT2D eigenvalue weighted by atomic mass is 32.1. The van der Waals surface area contributed by atoms with Gasteiger partial charge in [-0.3, -0.25) is 9.69 Å². The molecular weight excluding hydrogens is 461 g/mol. The summed E-state index contributed by atoms with van der Waals surface area (Å²) in [5.41, 5.74) is 3.13. The lowest BCUT2D eigenvalue weighted by Gasteiger charge is -2.32. The lowest BCUT2D eigenvalue weighted by molar-refractivity contribution is -0.192. The highest BCUT2D eigenvalue weighted by Crippen LogP contribution is 2.28. The van der Waals surface area contributed by atoms with Gasteiger partial charge in [-0.25, -0.2) is 9.78 Å². The zero-order valence-corrected chi connectivity index (χ0v) is 18.5. The van der Waals surface area contributed by atoms with E-state index in [1.165, 1.54) is 4.88 Å². The van der Waals surface area contributed by atoms with E-state index in [1.807, 2.05) is 23.7 Å². The summed E-state index contributed by atoms with van der Waals surface area (Å²) in [5, 5.41) is 12.3. The molecule has 0 aliphatic carbocycles. The second-order valence-corrected chi connectivity index (χ2v) is 8.50. The van der Waals surface area contributed by atoms with Crippen LogP contribution in [0, 0.1) is 0 Å². The maximum atomic E-state index is 12.9. The van der Waals surface area contributed by atoms with Crippen molar-refractivity contribution in [1.82, 2.24) is 19.8 Å². The molecule has 0 bridgehead atoms. The minimum atomic E-state index is -5.08. The first-order valence-electron chi connectivity index (χ1n) is 9.99. The fraction of sp³-hybridized carbons (Fsp3) is 0.381. The topological polar surface area (TPSA) is 101 Å². The van der Waals surface area contributed by atoms with Gasteiger partial charge < -0.3 is 19.4 Å². The summed E-state index contributed by atoms with van der Waals surface area (Å²) in [7, 11) is 1.96. The number of thiophene rings is 1. The smallest absolute Gasteiger partial charge is 0.475 e. The number of carboxylic acid groups (broad SMARTS) is 1. The lowest BCUT2D eigenvalue weighted by atomic mass is 9.96. The van der Waals surface area contributed by atoms with Crippen molar-refractivity contribution >= 4 is 23.2 Å². The van der Waals surface area contributed by atoms with E-state index in [4.69, 9.17) is 14.3 Å². The molecule has 33 heavy (non-hydrogen) atoms. The summed E-state index contributed by atoms with van der Waals surface area (Å²) in [6, 6.07) is 6.10. The van der Waals surface area contributed by atoms with Crippen LogP contribution in [0.25, 0.3) is 0 Å². The number of amides is 1. The van der Waals surface area contributed by atoms with Crippen LogP contribution in [-0.2, 0) is 36.1 Å². The molecule has 0 saturated heterocycles. The van der Waals surface area contributed by atoms with E-state index in [1.54, 1.807) is 30.2 Å².